The quantitative estimate of drug-likeness (QED) is 0.429. The van der Waals surface area contributed by atoms with E-state index in [1.54, 1.807) is 6.92 Å². The number of nitrogens with zero attached hydrogens (tertiary/aromatic N) is 1. The molecule has 0 atom stereocenters. The molecule has 0 aromatic carbocycles. The Balaban J connectivity index is 0.000000167. The Hall–Kier alpha value is -1.93. The van der Waals surface area contributed by atoms with Gasteiger partial charge in [-0.25, -0.2) is 4.79 Å². The molecule has 0 amide bonds. The summed E-state index contributed by atoms with van der Waals surface area (Å²) in [7, 11) is 1.38. The highest BCUT2D eigenvalue weighted by atomic mass is 16.5. The minimum Gasteiger partial charge on any atom is -0.469 e. The third-order valence-corrected chi connectivity index (χ3v) is 1.94. The van der Waals surface area contributed by atoms with E-state index < -0.39 is 0 Å². The van der Waals surface area contributed by atoms with E-state index in [1.165, 1.54) is 13.2 Å². The molecule has 2 rings (SSSR count). The molecule has 0 unspecified atom stereocenters. The van der Waals surface area contributed by atoms with Crippen molar-refractivity contribution in [1.29, 1.82) is 0 Å². The topological polar surface area (TPSA) is 55.7 Å². The van der Waals surface area contributed by atoms with Crippen LogP contribution >= 0.6 is 0 Å². The number of rotatable bonds is 2. The molecule has 4 nitrogen and oxygen atoms in total. The van der Waals surface area contributed by atoms with Gasteiger partial charge in [0, 0.05) is 17.5 Å². The van der Waals surface area contributed by atoms with Gasteiger partial charge in [-0.3, -0.25) is 4.79 Å². The molecule has 0 aliphatic heterocycles. The molecule has 78 valence electrons. The number of hydrogen-bond acceptors (Lipinski definition) is 4. The molecule has 0 heterocycles. The van der Waals surface area contributed by atoms with E-state index in [2.05, 4.69) is 9.73 Å². The Kier molecular flexibility index (Phi) is 3.77. The van der Waals surface area contributed by atoms with Crippen LogP contribution in [0.5, 0.6) is 0 Å². The molecular formula is C11H11NO3. The third-order valence-electron chi connectivity index (χ3n) is 1.94. The monoisotopic (exact) mass is 205 g/mol. The van der Waals surface area contributed by atoms with Gasteiger partial charge in [0.2, 0.25) is 6.08 Å². The first-order chi connectivity index (χ1) is 7.24. The zero-order valence-electron chi connectivity index (χ0n) is 8.61. The lowest BCUT2D eigenvalue weighted by Gasteiger charge is -1.87. The highest BCUT2D eigenvalue weighted by Gasteiger charge is 2.22. The fraction of sp³-hybridized carbons (Fsp3) is 0.273. The molecule has 0 saturated carbocycles. The summed E-state index contributed by atoms with van der Waals surface area (Å²) in [4.78, 5) is 23.1. The van der Waals surface area contributed by atoms with Crippen LogP contribution in [0.2, 0.25) is 0 Å². The van der Waals surface area contributed by atoms with Crippen molar-refractivity contribution in [2.24, 2.45) is 4.99 Å². The number of methoxy groups -OCH3 is 1. The number of fused-ring (bicyclic) bond motifs is 1. The first-order valence-electron chi connectivity index (χ1n) is 4.52. The molecule has 4 heteroatoms. The summed E-state index contributed by atoms with van der Waals surface area (Å²) in [5.74, 6) is -0.157. The fourth-order valence-electron chi connectivity index (χ4n) is 1.09. The van der Waals surface area contributed by atoms with Crippen molar-refractivity contribution in [3.05, 3.63) is 18.2 Å². The molecular weight excluding hydrogens is 194 g/mol. The number of para-hydroxylation sites is 1. The summed E-state index contributed by atoms with van der Waals surface area (Å²) >= 11 is 0. The first-order valence-corrected chi connectivity index (χ1v) is 4.52. The first kappa shape index (κ1) is 11.1. The van der Waals surface area contributed by atoms with Gasteiger partial charge in [-0.15, -0.1) is 0 Å². The Morgan fingerprint density at radius 3 is 2.40 bits per heavy atom. The van der Waals surface area contributed by atoms with Crippen molar-refractivity contribution in [3.8, 4) is 11.1 Å². The maximum Gasteiger partial charge on any atom is 0.305 e. The summed E-state index contributed by atoms with van der Waals surface area (Å²) in [6.07, 6.45) is 1.97. The second kappa shape index (κ2) is 5.08. The van der Waals surface area contributed by atoms with Gasteiger partial charge in [0.05, 0.1) is 12.8 Å². The zero-order valence-corrected chi connectivity index (χ0v) is 8.61. The van der Waals surface area contributed by atoms with E-state index in [9.17, 15) is 9.59 Å². The van der Waals surface area contributed by atoms with Crippen molar-refractivity contribution < 1.29 is 14.3 Å². The minimum absolute atomic E-state index is 0.157. The van der Waals surface area contributed by atoms with E-state index in [1.807, 2.05) is 18.2 Å². The maximum absolute atomic E-state index is 9.96. The molecule has 0 saturated heterocycles. The lowest BCUT2D eigenvalue weighted by molar-refractivity contribution is -0.140. The number of carbonyl (C=O) groups excluding carboxylic acids is 2. The van der Waals surface area contributed by atoms with Gasteiger partial charge in [-0.05, 0) is 0 Å². The fourth-order valence-corrected chi connectivity index (χ4v) is 1.09. The van der Waals surface area contributed by atoms with Gasteiger partial charge >= 0.3 is 5.97 Å². The van der Waals surface area contributed by atoms with Gasteiger partial charge in [-0.1, -0.05) is 25.1 Å². The molecule has 2 aliphatic rings. The van der Waals surface area contributed by atoms with Crippen LogP contribution in [0.25, 0.3) is 11.1 Å². The van der Waals surface area contributed by atoms with Crippen molar-refractivity contribution >= 4 is 17.7 Å². The molecule has 0 aromatic heterocycles. The highest BCUT2D eigenvalue weighted by Crippen LogP contribution is 2.50. The van der Waals surface area contributed by atoms with Crippen LogP contribution in [-0.4, -0.2) is 19.2 Å². The summed E-state index contributed by atoms with van der Waals surface area (Å²) in [5.41, 5.74) is 3.00. The Bertz CT molecular complexity index is 394. The summed E-state index contributed by atoms with van der Waals surface area (Å²) in [6, 6.07) is 5.81. The van der Waals surface area contributed by atoms with Crippen molar-refractivity contribution in [3.63, 3.8) is 0 Å². The SMILES string of the molecule is CCC(=O)OC.O=C=Nc1c2cccc1-2. The minimum atomic E-state index is -0.157. The maximum atomic E-state index is 9.96. The molecule has 0 fully saturated rings. The van der Waals surface area contributed by atoms with Gasteiger partial charge in [0.25, 0.3) is 0 Å². The Morgan fingerprint density at radius 2 is 2.07 bits per heavy atom. The van der Waals surface area contributed by atoms with Crippen LogP contribution in [0.15, 0.2) is 23.2 Å². The van der Waals surface area contributed by atoms with Crippen LogP contribution < -0.4 is 0 Å². The number of hydrogen-bond donors (Lipinski definition) is 0. The van der Waals surface area contributed by atoms with Gasteiger partial charge in [0.15, 0.2) is 0 Å². The number of benzene rings is 1. The average Bonchev–Trinajstić information content (AvgIpc) is 2.73. The highest BCUT2D eigenvalue weighted by molar-refractivity contribution is 6.03. The lowest BCUT2D eigenvalue weighted by atomic mass is 10.5. The lowest BCUT2D eigenvalue weighted by Crippen LogP contribution is -1.94. The summed E-state index contributed by atoms with van der Waals surface area (Å²) < 4.78 is 4.26. The van der Waals surface area contributed by atoms with Gasteiger partial charge in [-0.2, -0.15) is 4.99 Å². The number of esters is 1. The van der Waals surface area contributed by atoms with Gasteiger partial charge in [0.1, 0.15) is 0 Å². The third kappa shape index (κ3) is 2.76. The summed E-state index contributed by atoms with van der Waals surface area (Å²) in [6.45, 7) is 1.76. The van der Waals surface area contributed by atoms with Crippen molar-refractivity contribution in [2.45, 2.75) is 13.3 Å². The molecule has 0 radical (unpaired) electrons. The average molecular weight is 205 g/mol. The number of ether oxygens (including phenoxy) is 1. The second-order valence-corrected chi connectivity index (χ2v) is 2.83. The normalized spacial score (nSPS) is 9.20. The van der Waals surface area contributed by atoms with Crippen LogP contribution in [-0.2, 0) is 14.3 Å². The Labute approximate surface area is 87.6 Å². The molecule has 0 N–H and O–H groups in total. The number of aliphatic imine (C=N–C) groups is 1. The van der Waals surface area contributed by atoms with Crippen LogP contribution in [0.4, 0.5) is 5.69 Å². The molecule has 0 bridgehead atoms. The standard InChI is InChI=1S/C7H3NO.C4H8O2/c9-4-8-7-5-2-1-3-6(5)7;1-3-4(5)6-2/h1-3H;3H2,1-2H3. The molecule has 0 spiro atoms. The second-order valence-electron chi connectivity index (χ2n) is 2.83. The molecule has 2 aliphatic carbocycles. The predicted molar refractivity (Wildman–Crippen MR) is 55.5 cm³/mol. The van der Waals surface area contributed by atoms with Crippen molar-refractivity contribution in [2.75, 3.05) is 7.11 Å². The molecule has 0 aromatic rings. The van der Waals surface area contributed by atoms with E-state index in [-0.39, 0.29) is 5.97 Å². The Morgan fingerprint density at radius 1 is 1.47 bits per heavy atom. The molecule has 15 heavy (non-hydrogen) atoms. The predicted octanol–water partition coefficient (Wildman–Crippen LogP) is 2.20. The van der Waals surface area contributed by atoms with Crippen LogP contribution in [0.3, 0.4) is 0 Å². The van der Waals surface area contributed by atoms with E-state index in [0.29, 0.717) is 6.42 Å². The number of carbonyl (C=O) groups is 1. The number of isocyanates is 1. The van der Waals surface area contributed by atoms with E-state index in [4.69, 9.17) is 0 Å². The van der Waals surface area contributed by atoms with E-state index in [0.717, 1.165) is 16.8 Å². The largest absolute Gasteiger partial charge is 0.469 e. The summed E-state index contributed by atoms with van der Waals surface area (Å²) in [5, 5.41) is 0. The zero-order chi connectivity index (χ0) is 11.3. The van der Waals surface area contributed by atoms with Gasteiger partial charge < -0.3 is 4.74 Å². The van der Waals surface area contributed by atoms with E-state index >= 15 is 0 Å². The smallest absolute Gasteiger partial charge is 0.305 e. The van der Waals surface area contributed by atoms with Crippen LogP contribution in [0, 0.1) is 0 Å². The van der Waals surface area contributed by atoms with Crippen molar-refractivity contribution in [1.82, 2.24) is 0 Å². The van der Waals surface area contributed by atoms with Crippen LogP contribution in [0.1, 0.15) is 13.3 Å².